The van der Waals surface area contributed by atoms with E-state index >= 15 is 0 Å². The number of nitrogens with zero attached hydrogens (tertiary/aromatic N) is 1. The summed E-state index contributed by atoms with van der Waals surface area (Å²) < 4.78 is 13.7. The van der Waals surface area contributed by atoms with Gasteiger partial charge in [0.15, 0.2) is 0 Å². The Hall–Kier alpha value is -0.640. The van der Waals surface area contributed by atoms with Gasteiger partial charge in [-0.15, -0.1) is 0 Å². The first-order valence-electron chi connectivity index (χ1n) is 6.58. The van der Waals surface area contributed by atoms with Gasteiger partial charge < -0.3 is 5.32 Å². The highest BCUT2D eigenvalue weighted by Crippen LogP contribution is 2.17. The van der Waals surface area contributed by atoms with Gasteiger partial charge in [-0.25, -0.2) is 4.39 Å². The lowest BCUT2D eigenvalue weighted by atomic mass is 10.1. The second-order valence-corrected chi connectivity index (χ2v) is 5.35. The molecule has 2 nitrogen and oxygen atoms in total. The third-order valence-electron chi connectivity index (χ3n) is 3.39. The highest BCUT2D eigenvalue weighted by atomic mass is 35.5. The summed E-state index contributed by atoms with van der Waals surface area (Å²) in [5, 5.41) is 3.96. The van der Waals surface area contributed by atoms with Crippen molar-refractivity contribution in [2.75, 3.05) is 19.6 Å². The van der Waals surface area contributed by atoms with Crippen LogP contribution in [0.15, 0.2) is 18.2 Å². The minimum Gasteiger partial charge on any atom is -0.311 e. The van der Waals surface area contributed by atoms with Crippen molar-refractivity contribution in [3.05, 3.63) is 34.6 Å². The quantitative estimate of drug-likeness (QED) is 0.905. The second kappa shape index (κ2) is 6.50. The molecule has 1 aliphatic heterocycles. The van der Waals surface area contributed by atoms with E-state index < -0.39 is 0 Å². The van der Waals surface area contributed by atoms with Crippen LogP contribution in [-0.2, 0) is 6.54 Å². The molecule has 1 aliphatic rings. The predicted molar refractivity (Wildman–Crippen MR) is 73.4 cm³/mol. The molecule has 0 aromatic heterocycles. The Balaban J connectivity index is 1.96. The Kier molecular flexibility index (Phi) is 4.98. The Morgan fingerprint density at radius 3 is 3.06 bits per heavy atom. The van der Waals surface area contributed by atoms with Crippen molar-refractivity contribution in [2.24, 2.45) is 0 Å². The van der Waals surface area contributed by atoms with Crippen molar-refractivity contribution in [2.45, 2.75) is 32.4 Å². The fraction of sp³-hybridized carbons (Fsp3) is 0.571. The van der Waals surface area contributed by atoms with Gasteiger partial charge in [-0.05, 0) is 18.6 Å². The van der Waals surface area contributed by atoms with Crippen LogP contribution in [0.1, 0.15) is 25.3 Å². The van der Waals surface area contributed by atoms with Gasteiger partial charge in [0, 0.05) is 42.8 Å². The fourth-order valence-electron chi connectivity index (χ4n) is 2.47. The smallest absolute Gasteiger partial charge is 0.129 e. The van der Waals surface area contributed by atoms with E-state index in [9.17, 15) is 4.39 Å². The first-order valence-corrected chi connectivity index (χ1v) is 6.96. The third kappa shape index (κ3) is 3.67. The minimum absolute atomic E-state index is 0.201. The summed E-state index contributed by atoms with van der Waals surface area (Å²) in [5.74, 6) is -0.201. The molecule has 1 fully saturated rings. The molecular weight excluding hydrogens is 251 g/mol. The number of piperazine rings is 1. The SMILES string of the molecule is CCCC1CN(Cc2ccc(Cl)cc2F)CCN1. The molecule has 18 heavy (non-hydrogen) atoms. The summed E-state index contributed by atoms with van der Waals surface area (Å²) in [6.07, 6.45) is 2.36. The van der Waals surface area contributed by atoms with Crippen LogP contribution in [-0.4, -0.2) is 30.6 Å². The molecule has 4 heteroatoms. The summed E-state index contributed by atoms with van der Waals surface area (Å²) in [6, 6.07) is 5.47. The normalized spacial score (nSPS) is 21.2. The third-order valence-corrected chi connectivity index (χ3v) is 3.62. The average molecular weight is 271 g/mol. The van der Waals surface area contributed by atoms with Crippen LogP contribution in [0.3, 0.4) is 0 Å². The standard InChI is InChI=1S/C14H20ClFN2/c1-2-3-13-10-18(7-6-17-13)9-11-4-5-12(15)8-14(11)16/h4-5,8,13,17H,2-3,6-7,9-10H2,1H3. The zero-order valence-electron chi connectivity index (χ0n) is 10.8. The first kappa shape index (κ1) is 13.8. The lowest BCUT2D eigenvalue weighted by Crippen LogP contribution is -2.50. The second-order valence-electron chi connectivity index (χ2n) is 4.91. The van der Waals surface area contributed by atoms with Crippen LogP contribution < -0.4 is 5.32 Å². The molecule has 1 saturated heterocycles. The maximum absolute atomic E-state index is 13.7. The molecule has 100 valence electrons. The monoisotopic (exact) mass is 270 g/mol. The van der Waals surface area contributed by atoms with Crippen molar-refractivity contribution in [3.8, 4) is 0 Å². The van der Waals surface area contributed by atoms with Crippen molar-refractivity contribution in [1.82, 2.24) is 10.2 Å². The Morgan fingerprint density at radius 1 is 1.50 bits per heavy atom. The van der Waals surface area contributed by atoms with Crippen molar-refractivity contribution in [1.29, 1.82) is 0 Å². The number of nitrogens with one attached hydrogen (secondary N) is 1. The van der Waals surface area contributed by atoms with Crippen LogP contribution in [0.25, 0.3) is 0 Å². The molecule has 0 spiro atoms. The molecule has 0 radical (unpaired) electrons. The van der Waals surface area contributed by atoms with E-state index in [0.717, 1.165) is 25.2 Å². The average Bonchev–Trinajstić information content (AvgIpc) is 2.34. The van der Waals surface area contributed by atoms with E-state index in [2.05, 4.69) is 17.1 Å². The van der Waals surface area contributed by atoms with Crippen molar-refractivity contribution in [3.63, 3.8) is 0 Å². The lowest BCUT2D eigenvalue weighted by molar-refractivity contribution is 0.185. The van der Waals surface area contributed by atoms with E-state index in [4.69, 9.17) is 11.6 Å². The van der Waals surface area contributed by atoms with E-state index in [-0.39, 0.29) is 5.82 Å². The predicted octanol–water partition coefficient (Wildman–Crippen LogP) is 3.05. The molecule has 0 aliphatic carbocycles. The van der Waals surface area contributed by atoms with Crippen LogP contribution in [0.2, 0.25) is 5.02 Å². The number of rotatable bonds is 4. The van der Waals surface area contributed by atoms with Crippen molar-refractivity contribution >= 4 is 11.6 Å². The Labute approximate surface area is 113 Å². The molecule has 2 rings (SSSR count). The Morgan fingerprint density at radius 2 is 2.33 bits per heavy atom. The zero-order valence-corrected chi connectivity index (χ0v) is 11.5. The number of halogens is 2. The van der Waals surface area contributed by atoms with Gasteiger partial charge in [0.05, 0.1) is 0 Å². The summed E-state index contributed by atoms with van der Waals surface area (Å²) in [4.78, 5) is 2.31. The largest absolute Gasteiger partial charge is 0.311 e. The number of hydrogen-bond donors (Lipinski definition) is 1. The molecule has 1 unspecified atom stereocenters. The van der Waals surface area contributed by atoms with Crippen LogP contribution in [0.5, 0.6) is 0 Å². The van der Waals surface area contributed by atoms with Crippen LogP contribution >= 0.6 is 11.6 Å². The van der Waals surface area contributed by atoms with Crippen LogP contribution in [0.4, 0.5) is 4.39 Å². The molecule has 1 aromatic rings. The summed E-state index contributed by atoms with van der Waals surface area (Å²) in [6.45, 7) is 5.82. The molecule has 1 N–H and O–H groups in total. The number of hydrogen-bond acceptors (Lipinski definition) is 2. The lowest BCUT2D eigenvalue weighted by Gasteiger charge is -2.33. The molecule has 0 bridgehead atoms. The van der Waals surface area contributed by atoms with Gasteiger partial charge in [-0.2, -0.15) is 0 Å². The maximum atomic E-state index is 13.7. The molecule has 0 amide bonds. The molecule has 0 saturated carbocycles. The van der Waals surface area contributed by atoms with Gasteiger partial charge in [0.2, 0.25) is 0 Å². The van der Waals surface area contributed by atoms with E-state index in [1.165, 1.54) is 18.9 Å². The van der Waals surface area contributed by atoms with E-state index in [0.29, 0.717) is 17.6 Å². The zero-order chi connectivity index (χ0) is 13.0. The summed E-state index contributed by atoms with van der Waals surface area (Å²) in [5.41, 5.74) is 0.733. The van der Waals surface area contributed by atoms with E-state index in [1.54, 1.807) is 12.1 Å². The maximum Gasteiger partial charge on any atom is 0.129 e. The van der Waals surface area contributed by atoms with Gasteiger partial charge in [-0.1, -0.05) is 31.0 Å². The molecular formula is C14H20ClFN2. The fourth-order valence-corrected chi connectivity index (χ4v) is 2.63. The highest BCUT2D eigenvalue weighted by Gasteiger charge is 2.19. The molecule has 1 heterocycles. The van der Waals surface area contributed by atoms with Crippen LogP contribution in [0, 0.1) is 5.82 Å². The van der Waals surface area contributed by atoms with Gasteiger partial charge in [0.1, 0.15) is 5.82 Å². The van der Waals surface area contributed by atoms with Gasteiger partial charge >= 0.3 is 0 Å². The van der Waals surface area contributed by atoms with E-state index in [1.807, 2.05) is 0 Å². The van der Waals surface area contributed by atoms with Gasteiger partial charge in [-0.3, -0.25) is 4.90 Å². The molecule has 1 aromatic carbocycles. The topological polar surface area (TPSA) is 15.3 Å². The molecule has 1 atom stereocenters. The van der Waals surface area contributed by atoms with Crippen molar-refractivity contribution < 1.29 is 4.39 Å². The van der Waals surface area contributed by atoms with Gasteiger partial charge in [0.25, 0.3) is 0 Å². The summed E-state index contributed by atoms with van der Waals surface area (Å²) in [7, 11) is 0. The number of benzene rings is 1. The Bertz CT molecular complexity index is 395. The highest BCUT2D eigenvalue weighted by molar-refractivity contribution is 6.30. The summed E-state index contributed by atoms with van der Waals surface area (Å²) >= 11 is 5.76. The minimum atomic E-state index is -0.201. The first-order chi connectivity index (χ1) is 8.69.